The van der Waals surface area contributed by atoms with Crippen LogP contribution in [0, 0.1) is 0 Å². The standard InChI is InChI=1S/C14H24N4O/c1-2-15-13-5-3-6-14(16-13)18-8-4-7-17(9-10-18)11-12-19/h3,5-6,19H,2,4,7-12H2,1H3,(H,15,16). The van der Waals surface area contributed by atoms with Crippen LogP contribution in [0.5, 0.6) is 0 Å². The maximum absolute atomic E-state index is 9.01. The van der Waals surface area contributed by atoms with Gasteiger partial charge in [-0.3, -0.25) is 4.90 Å². The van der Waals surface area contributed by atoms with Crippen molar-refractivity contribution in [2.45, 2.75) is 13.3 Å². The summed E-state index contributed by atoms with van der Waals surface area (Å²) in [5, 5.41) is 12.3. The van der Waals surface area contributed by atoms with Crippen molar-refractivity contribution in [1.82, 2.24) is 9.88 Å². The highest BCUT2D eigenvalue weighted by Gasteiger charge is 2.15. The van der Waals surface area contributed by atoms with E-state index in [1.165, 1.54) is 0 Å². The average molecular weight is 264 g/mol. The molecule has 1 fully saturated rings. The Bertz CT molecular complexity index is 385. The van der Waals surface area contributed by atoms with Gasteiger partial charge in [0.1, 0.15) is 11.6 Å². The van der Waals surface area contributed by atoms with E-state index in [2.05, 4.69) is 39.2 Å². The number of rotatable bonds is 5. The van der Waals surface area contributed by atoms with E-state index in [9.17, 15) is 0 Å². The maximum atomic E-state index is 9.01. The molecular weight excluding hydrogens is 240 g/mol. The zero-order valence-corrected chi connectivity index (χ0v) is 11.7. The van der Waals surface area contributed by atoms with Gasteiger partial charge in [0.05, 0.1) is 6.61 Å². The third kappa shape index (κ3) is 4.08. The maximum Gasteiger partial charge on any atom is 0.130 e. The lowest BCUT2D eigenvalue weighted by Gasteiger charge is -2.22. The number of hydrogen-bond acceptors (Lipinski definition) is 5. The summed E-state index contributed by atoms with van der Waals surface area (Å²) >= 11 is 0. The lowest BCUT2D eigenvalue weighted by molar-refractivity contribution is 0.204. The van der Waals surface area contributed by atoms with Gasteiger partial charge in [-0.2, -0.15) is 0 Å². The first kappa shape index (κ1) is 14.1. The summed E-state index contributed by atoms with van der Waals surface area (Å²) in [7, 11) is 0. The number of nitrogens with one attached hydrogen (secondary N) is 1. The SMILES string of the molecule is CCNc1cccc(N2CCCN(CCO)CC2)n1. The van der Waals surface area contributed by atoms with Gasteiger partial charge < -0.3 is 15.3 Å². The van der Waals surface area contributed by atoms with Gasteiger partial charge in [-0.15, -0.1) is 0 Å². The van der Waals surface area contributed by atoms with Gasteiger partial charge in [0.25, 0.3) is 0 Å². The third-order valence-corrected chi connectivity index (χ3v) is 3.42. The highest BCUT2D eigenvalue weighted by Crippen LogP contribution is 2.16. The number of anilines is 2. The Morgan fingerprint density at radius 3 is 2.95 bits per heavy atom. The molecule has 0 saturated carbocycles. The topological polar surface area (TPSA) is 51.6 Å². The van der Waals surface area contributed by atoms with Crippen molar-refractivity contribution in [1.29, 1.82) is 0 Å². The van der Waals surface area contributed by atoms with Gasteiger partial charge in [0.2, 0.25) is 0 Å². The number of β-amino-alcohol motifs (C(OH)–C–C–N with tert-alkyl or cyclic N) is 1. The molecule has 106 valence electrons. The fourth-order valence-corrected chi connectivity index (χ4v) is 2.44. The van der Waals surface area contributed by atoms with Crippen molar-refractivity contribution in [2.75, 3.05) is 56.1 Å². The van der Waals surface area contributed by atoms with Gasteiger partial charge in [0, 0.05) is 32.7 Å². The highest BCUT2D eigenvalue weighted by molar-refractivity contribution is 5.47. The van der Waals surface area contributed by atoms with Crippen molar-refractivity contribution >= 4 is 11.6 Å². The van der Waals surface area contributed by atoms with Crippen LogP contribution in [0.2, 0.25) is 0 Å². The molecule has 0 amide bonds. The molecule has 1 aliphatic heterocycles. The molecule has 0 unspecified atom stereocenters. The molecule has 0 radical (unpaired) electrons. The molecule has 0 atom stereocenters. The Balaban J connectivity index is 1.99. The van der Waals surface area contributed by atoms with Gasteiger partial charge in [-0.25, -0.2) is 4.98 Å². The van der Waals surface area contributed by atoms with Crippen molar-refractivity contribution in [3.63, 3.8) is 0 Å². The molecule has 2 N–H and O–H groups in total. The number of nitrogens with zero attached hydrogens (tertiary/aromatic N) is 3. The summed E-state index contributed by atoms with van der Waals surface area (Å²) in [6.07, 6.45) is 1.12. The molecule has 5 heteroatoms. The van der Waals surface area contributed by atoms with Crippen LogP contribution in [-0.2, 0) is 0 Å². The second kappa shape index (κ2) is 7.31. The minimum absolute atomic E-state index is 0.244. The molecule has 0 bridgehead atoms. The monoisotopic (exact) mass is 264 g/mol. The van der Waals surface area contributed by atoms with Crippen LogP contribution in [0.1, 0.15) is 13.3 Å². The zero-order chi connectivity index (χ0) is 13.5. The van der Waals surface area contributed by atoms with Crippen molar-refractivity contribution < 1.29 is 5.11 Å². The van der Waals surface area contributed by atoms with E-state index in [-0.39, 0.29) is 6.61 Å². The van der Waals surface area contributed by atoms with Crippen LogP contribution < -0.4 is 10.2 Å². The molecule has 5 nitrogen and oxygen atoms in total. The van der Waals surface area contributed by atoms with Crippen LogP contribution in [0.4, 0.5) is 11.6 Å². The first-order chi connectivity index (χ1) is 9.33. The summed E-state index contributed by atoms with van der Waals surface area (Å²) in [4.78, 5) is 9.29. The molecular formula is C14H24N4O. The second-order valence-corrected chi connectivity index (χ2v) is 4.82. The minimum Gasteiger partial charge on any atom is -0.395 e. The number of pyridine rings is 1. The number of hydrogen-bond donors (Lipinski definition) is 2. The summed E-state index contributed by atoms with van der Waals surface area (Å²) in [6.45, 7) is 8.05. The molecule has 0 aromatic carbocycles. The van der Waals surface area contributed by atoms with E-state index < -0.39 is 0 Å². The molecule has 2 rings (SSSR count). The van der Waals surface area contributed by atoms with Crippen molar-refractivity contribution in [2.24, 2.45) is 0 Å². The van der Waals surface area contributed by atoms with Crippen LogP contribution in [0.15, 0.2) is 18.2 Å². The summed E-state index contributed by atoms with van der Waals surface area (Å²) in [6, 6.07) is 6.13. The molecule has 19 heavy (non-hydrogen) atoms. The van der Waals surface area contributed by atoms with Crippen LogP contribution in [-0.4, -0.2) is 60.9 Å². The lowest BCUT2D eigenvalue weighted by atomic mass is 10.3. The van der Waals surface area contributed by atoms with E-state index in [0.717, 1.165) is 57.3 Å². The summed E-state index contributed by atoms with van der Waals surface area (Å²) in [5.74, 6) is 1.99. The molecule has 1 aromatic heterocycles. The van der Waals surface area contributed by atoms with E-state index in [1.807, 2.05) is 6.07 Å². The van der Waals surface area contributed by atoms with E-state index in [1.54, 1.807) is 0 Å². The van der Waals surface area contributed by atoms with Crippen molar-refractivity contribution in [3.05, 3.63) is 18.2 Å². The first-order valence-electron chi connectivity index (χ1n) is 7.12. The fraction of sp³-hybridized carbons (Fsp3) is 0.643. The minimum atomic E-state index is 0.244. The molecule has 2 heterocycles. The predicted molar refractivity (Wildman–Crippen MR) is 78.8 cm³/mol. The van der Waals surface area contributed by atoms with E-state index in [4.69, 9.17) is 5.11 Å². The Hall–Kier alpha value is -1.33. The van der Waals surface area contributed by atoms with E-state index >= 15 is 0 Å². The Morgan fingerprint density at radius 2 is 2.16 bits per heavy atom. The quantitative estimate of drug-likeness (QED) is 0.831. The molecule has 1 aromatic rings. The molecule has 0 spiro atoms. The Kier molecular flexibility index (Phi) is 5.42. The summed E-state index contributed by atoms with van der Waals surface area (Å²) < 4.78 is 0. The van der Waals surface area contributed by atoms with Gasteiger partial charge in [0.15, 0.2) is 0 Å². The Morgan fingerprint density at radius 1 is 1.26 bits per heavy atom. The number of aliphatic hydroxyl groups excluding tert-OH is 1. The van der Waals surface area contributed by atoms with Crippen LogP contribution >= 0.6 is 0 Å². The van der Waals surface area contributed by atoms with Crippen molar-refractivity contribution in [3.8, 4) is 0 Å². The Labute approximate surface area is 115 Å². The summed E-state index contributed by atoms with van der Waals surface area (Å²) in [5.41, 5.74) is 0. The molecule has 0 aliphatic carbocycles. The molecule has 1 aliphatic rings. The third-order valence-electron chi connectivity index (χ3n) is 3.42. The average Bonchev–Trinajstić information content (AvgIpc) is 2.66. The smallest absolute Gasteiger partial charge is 0.130 e. The molecule has 1 saturated heterocycles. The van der Waals surface area contributed by atoms with Crippen LogP contribution in [0.25, 0.3) is 0 Å². The van der Waals surface area contributed by atoms with Gasteiger partial charge in [-0.05, 0) is 32.0 Å². The number of aromatic nitrogens is 1. The largest absolute Gasteiger partial charge is 0.395 e. The first-order valence-corrected chi connectivity index (χ1v) is 7.12. The van der Waals surface area contributed by atoms with Gasteiger partial charge >= 0.3 is 0 Å². The number of aliphatic hydroxyl groups is 1. The highest BCUT2D eigenvalue weighted by atomic mass is 16.3. The van der Waals surface area contributed by atoms with E-state index in [0.29, 0.717) is 0 Å². The zero-order valence-electron chi connectivity index (χ0n) is 11.7. The van der Waals surface area contributed by atoms with Gasteiger partial charge in [-0.1, -0.05) is 6.07 Å². The fourth-order valence-electron chi connectivity index (χ4n) is 2.44. The second-order valence-electron chi connectivity index (χ2n) is 4.82. The lowest BCUT2D eigenvalue weighted by Crippen LogP contribution is -2.32. The predicted octanol–water partition coefficient (Wildman–Crippen LogP) is 1.02. The van der Waals surface area contributed by atoms with Crippen LogP contribution in [0.3, 0.4) is 0 Å². The normalized spacial score (nSPS) is 17.3.